The van der Waals surface area contributed by atoms with Crippen LogP contribution in [0.25, 0.3) is 11.1 Å². The first kappa shape index (κ1) is 10.7. The van der Waals surface area contributed by atoms with Gasteiger partial charge in [0.15, 0.2) is 0 Å². The van der Waals surface area contributed by atoms with Gasteiger partial charge >= 0.3 is 103 Å². The van der Waals surface area contributed by atoms with E-state index in [-0.39, 0.29) is 15.0 Å². The van der Waals surface area contributed by atoms with Crippen LogP contribution in [0.15, 0.2) is 36.4 Å². The number of rotatable bonds is 0. The number of hydrogen-bond donors (Lipinski definition) is 0. The van der Waals surface area contributed by atoms with Crippen molar-refractivity contribution in [3.05, 3.63) is 64.0 Å². The fraction of sp³-hybridized carbons (Fsp3) is 0. The topological polar surface area (TPSA) is 0 Å². The zero-order valence-corrected chi connectivity index (χ0v) is 10.5. The second kappa shape index (κ2) is 4.10. The normalized spacial score (nSPS) is 12.8. The van der Waals surface area contributed by atoms with Crippen molar-refractivity contribution in [2.24, 2.45) is 0 Å². The van der Waals surface area contributed by atoms with Crippen molar-refractivity contribution < 1.29 is 8.78 Å². The Labute approximate surface area is 103 Å². The van der Waals surface area contributed by atoms with Crippen LogP contribution in [0.1, 0.15) is 5.56 Å². The summed E-state index contributed by atoms with van der Waals surface area (Å²) in [5, 5.41) is 1.14. The number of benzene rings is 2. The molecular formula is C14H8F2Se. The average molecular weight is 293 g/mol. The van der Waals surface area contributed by atoms with Gasteiger partial charge in [-0.2, -0.15) is 0 Å². The predicted octanol–water partition coefficient (Wildman–Crippen LogP) is 0.875. The molecule has 1 aliphatic rings. The summed E-state index contributed by atoms with van der Waals surface area (Å²) in [6, 6.07) is 10.8. The Balaban J connectivity index is 2.38. The van der Waals surface area contributed by atoms with E-state index >= 15 is 0 Å². The predicted molar refractivity (Wildman–Crippen MR) is 65.5 cm³/mol. The van der Waals surface area contributed by atoms with Crippen LogP contribution in [0, 0.1) is 11.6 Å². The van der Waals surface area contributed by atoms with E-state index in [1.165, 1.54) is 10.5 Å². The van der Waals surface area contributed by atoms with E-state index in [1.807, 2.05) is 35.3 Å². The Bertz CT molecular complexity index is 705. The fourth-order valence-electron chi connectivity index (χ4n) is 1.82. The molecule has 0 spiro atoms. The van der Waals surface area contributed by atoms with Gasteiger partial charge in [0.25, 0.3) is 0 Å². The van der Waals surface area contributed by atoms with Crippen LogP contribution in [-0.4, -0.2) is 15.0 Å². The first-order chi connectivity index (χ1) is 8.25. The van der Waals surface area contributed by atoms with Crippen LogP contribution in [0.3, 0.4) is 0 Å². The van der Waals surface area contributed by atoms with Crippen molar-refractivity contribution >= 4 is 30.5 Å². The molecule has 1 heterocycles. The fourth-order valence-corrected chi connectivity index (χ4v) is 3.72. The van der Waals surface area contributed by atoms with Crippen molar-refractivity contribution in [3.8, 4) is 0 Å². The molecule has 0 N–H and O–H groups in total. The van der Waals surface area contributed by atoms with Gasteiger partial charge in [0.05, 0.1) is 0 Å². The molecule has 2 aromatic carbocycles. The monoisotopic (exact) mass is 294 g/mol. The molecule has 0 nitrogen and oxygen atoms in total. The zero-order chi connectivity index (χ0) is 11.8. The molecule has 3 rings (SSSR count). The number of fused-ring (bicyclic) bond motifs is 2. The summed E-state index contributed by atoms with van der Waals surface area (Å²) in [6.45, 7) is 0. The summed E-state index contributed by atoms with van der Waals surface area (Å²) in [4.78, 5) is 1.81. The van der Waals surface area contributed by atoms with E-state index in [0.717, 1.165) is 10.8 Å². The third-order valence-corrected chi connectivity index (χ3v) is 4.75. The molecule has 0 fully saturated rings. The molecule has 0 unspecified atom stereocenters. The molecule has 0 saturated carbocycles. The summed E-state index contributed by atoms with van der Waals surface area (Å²) in [7, 11) is 0. The first-order valence-corrected chi connectivity index (χ1v) is 7.02. The van der Waals surface area contributed by atoms with Crippen LogP contribution in [0.5, 0.6) is 0 Å². The minimum absolute atomic E-state index is 0.0347. The number of halogens is 2. The van der Waals surface area contributed by atoms with E-state index in [0.29, 0.717) is 5.22 Å². The summed E-state index contributed by atoms with van der Waals surface area (Å²) < 4.78 is 28.0. The van der Waals surface area contributed by atoms with Crippen LogP contribution in [0.2, 0.25) is 0 Å². The molecule has 2 aromatic rings. The molecule has 17 heavy (non-hydrogen) atoms. The van der Waals surface area contributed by atoms with Crippen molar-refractivity contribution in [1.82, 2.24) is 0 Å². The Kier molecular flexibility index (Phi) is 2.58. The average Bonchev–Trinajstić information content (AvgIpc) is 2.53. The third kappa shape index (κ3) is 1.82. The standard InChI is InChI=1S/C14H8F2Se/c15-12-6-5-9-7-10-3-1-2-4-13(10)17-8-11(9)14(12)16/h1-8H. The minimum atomic E-state index is -0.782. The molecule has 0 saturated heterocycles. The maximum atomic E-state index is 13.7. The Morgan fingerprint density at radius 3 is 2.65 bits per heavy atom. The van der Waals surface area contributed by atoms with E-state index in [2.05, 4.69) is 0 Å². The van der Waals surface area contributed by atoms with Gasteiger partial charge in [-0.15, -0.1) is 0 Å². The molecule has 3 heteroatoms. The SMILES string of the molecule is Fc1ccc2c(c1F)=C[Se]c1ccccc1C=2. The molecule has 0 amide bonds. The molecule has 84 valence electrons. The van der Waals surface area contributed by atoms with Gasteiger partial charge in [-0.1, -0.05) is 0 Å². The molecule has 0 atom stereocenters. The maximum absolute atomic E-state index is 13.7. The summed E-state index contributed by atoms with van der Waals surface area (Å²) >= 11 is 0.0347. The number of hydrogen-bond acceptors (Lipinski definition) is 0. The zero-order valence-electron chi connectivity index (χ0n) is 8.78. The second-order valence-corrected chi connectivity index (χ2v) is 5.69. The summed E-state index contributed by atoms with van der Waals surface area (Å²) in [6.07, 6.45) is 1.92. The van der Waals surface area contributed by atoms with E-state index in [1.54, 1.807) is 6.07 Å². The van der Waals surface area contributed by atoms with Crippen molar-refractivity contribution in [1.29, 1.82) is 0 Å². The van der Waals surface area contributed by atoms with Gasteiger partial charge < -0.3 is 0 Å². The van der Waals surface area contributed by atoms with Crippen molar-refractivity contribution in [2.45, 2.75) is 0 Å². The van der Waals surface area contributed by atoms with Gasteiger partial charge in [0.2, 0.25) is 0 Å². The van der Waals surface area contributed by atoms with E-state index in [9.17, 15) is 8.78 Å². The van der Waals surface area contributed by atoms with Crippen LogP contribution in [0.4, 0.5) is 8.78 Å². The Morgan fingerprint density at radius 2 is 1.76 bits per heavy atom. The first-order valence-electron chi connectivity index (χ1n) is 5.17. The third-order valence-electron chi connectivity index (χ3n) is 2.70. The second-order valence-electron chi connectivity index (χ2n) is 3.78. The summed E-state index contributed by atoms with van der Waals surface area (Å²) in [5.41, 5.74) is 1.09. The quantitative estimate of drug-likeness (QED) is 0.633. The molecular weight excluding hydrogens is 285 g/mol. The van der Waals surface area contributed by atoms with Gasteiger partial charge in [-0.3, -0.25) is 0 Å². The van der Waals surface area contributed by atoms with E-state index in [4.69, 9.17) is 0 Å². The summed E-state index contributed by atoms with van der Waals surface area (Å²) in [5.74, 6) is -1.52. The van der Waals surface area contributed by atoms with Gasteiger partial charge in [-0.25, -0.2) is 0 Å². The van der Waals surface area contributed by atoms with Crippen molar-refractivity contribution in [2.75, 3.05) is 0 Å². The Hall–Kier alpha value is -1.44. The van der Waals surface area contributed by atoms with Crippen molar-refractivity contribution in [3.63, 3.8) is 0 Å². The molecule has 0 aliphatic carbocycles. The molecule has 0 bridgehead atoms. The van der Waals surface area contributed by atoms with Gasteiger partial charge in [-0.05, 0) is 0 Å². The van der Waals surface area contributed by atoms with Gasteiger partial charge in [0.1, 0.15) is 0 Å². The van der Waals surface area contributed by atoms with Crippen LogP contribution in [-0.2, 0) is 0 Å². The van der Waals surface area contributed by atoms with Gasteiger partial charge in [0, 0.05) is 0 Å². The van der Waals surface area contributed by atoms with Crippen LogP contribution >= 0.6 is 0 Å². The molecule has 1 aliphatic heterocycles. The van der Waals surface area contributed by atoms with E-state index < -0.39 is 11.6 Å². The molecule has 0 aromatic heterocycles. The van der Waals surface area contributed by atoms with Crippen LogP contribution < -0.4 is 14.9 Å². The Morgan fingerprint density at radius 1 is 0.941 bits per heavy atom. The molecule has 0 radical (unpaired) electrons.